The van der Waals surface area contributed by atoms with Gasteiger partial charge in [-0.05, 0) is 43.3 Å². The molecule has 4 rings (SSSR count). The number of nitrogens with one attached hydrogen (secondary N) is 2. The molecule has 1 saturated heterocycles. The fraction of sp³-hybridized carbons (Fsp3) is 0.455. The smallest absolute Gasteiger partial charge is 0.338 e. The van der Waals surface area contributed by atoms with Gasteiger partial charge in [0.25, 0.3) is 0 Å². The van der Waals surface area contributed by atoms with Crippen LogP contribution < -0.4 is 10.6 Å². The van der Waals surface area contributed by atoms with E-state index in [-0.39, 0.29) is 18.7 Å². The Morgan fingerprint density at radius 3 is 2.90 bits per heavy atom. The molecule has 2 N–H and O–H groups in total. The average Bonchev–Trinajstić information content (AvgIpc) is 3.51. The van der Waals surface area contributed by atoms with E-state index in [1.165, 1.54) is 11.1 Å². The third-order valence-corrected chi connectivity index (χ3v) is 6.16. The van der Waals surface area contributed by atoms with Gasteiger partial charge < -0.3 is 24.5 Å². The minimum absolute atomic E-state index is 0.143. The van der Waals surface area contributed by atoms with Crippen LogP contribution in [0.15, 0.2) is 51.6 Å². The largest absolute Gasteiger partial charge is 0.467 e. The summed E-state index contributed by atoms with van der Waals surface area (Å²) in [5, 5.41) is 7.67. The Morgan fingerprint density at radius 1 is 1.32 bits per heavy atom. The molecule has 166 valence electrons. The van der Waals surface area contributed by atoms with Crippen LogP contribution in [0.4, 0.5) is 4.79 Å². The Balaban J connectivity index is 1.65. The van der Waals surface area contributed by atoms with Gasteiger partial charge in [0.15, 0.2) is 0 Å². The fourth-order valence-corrected chi connectivity index (χ4v) is 4.72. The Hall–Kier alpha value is -2.62. The summed E-state index contributed by atoms with van der Waals surface area (Å²) in [7, 11) is 0. The molecule has 2 amide bonds. The number of carbonyl (C=O) groups excluding carboxylic acids is 2. The van der Waals surface area contributed by atoms with Gasteiger partial charge in [-0.2, -0.15) is 0 Å². The van der Waals surface area contributed by atoms with Crippen LogP contribution in [0.3, 0.4) is 0 Å². The van der Waals surface area contributed by atoms with Crippen molar-refractivity contribution in [2.75, 3.05) is 26.3 Å². The number of urea groups is 1. The highest BCUT2D eigenvalue weighted by Crippen LogP contribution is 2.29. The molecule has 4 heterocycles. The maximum absolute atomic E-state index is 12.9. The molecule has 8 nitrogen and oxygen atoms in total. The van der Waals surface area contributed by atoms with Crippen molar-refractivity contribution in [1.29, 1.82) is 0 Å². The number of hydrogen-bond donors (Lipinski definition) is 2. The maximum atomic E-state index is 12.9. The molecule has 0 spiro atoms. The molecule has 1 fully saturated rings. The average molecular weight is 446 g/mol. The SMILES string of the molecule is CCOC(=O)C1=C(CN(Cc2cccs2)C[C@H]2CCCO2)NC(=O)N[C@H]1c1ccco1. The van der Waals surface area contributed by atoms with E-state index in [2.05, 4.69) is 21.6 Å². The first-order valence-corrected chi connectivity index (χ1v) is 11.4. The van der Waals surface area contributed by atoms with Gasteiger partial charge in [0, 0.05) is 36.8 Å². The van der Waals surface area contributed by atoms with Crippen molar-refractivity contribution in [3.63, 3.8) is 0 Å². The van der Waals surface area contributed by atoms with Gasteiger partial charge in [0.05, 0.1) is 24.5 Å². The zero-order chi connectivity index (χ0) is 21.6. The van der Waals surface area contributed by atoms with Gasteiger partial charge in [0.1, 0.15) is 11.8 Å². The van der Waals surface area contributed by atoms with Crippen molar-refractivity contribution >= 4 is 23.3 Å². The number of nitrogens with zero attached hydrogens (tertiary/aromatic N) is 1. The van der Waals surface area contributed by atoms with Crippen LogP contribution in [0, 0.1) is 0 Å². The summed E-state index contributed by atoms with van der Waals surface area (Å²) >= 11 is 1.68. The molecular formula is C22H27N3O5S. The number of carbonyl (C=O) groups is 2. The van der Waals surface area contributed by atoms with Gasteiger partial charge in [0.2, 0.25) is 0 Å². The van der Waals surface area contributed by atoms with E-state index in [0.29, 0.717) is 36.7 Å². The molecule has 2 aromatic rings. The highest BCUT2D eigenvalue weighted by Gasteiger charge is 2.36. The molecule has 2 atom stereocenters. The number of thiophene rings is 1. The first-order valence-electron chi connectivity index (χ1n) is 10.5. The molecule has 2 aromatic heterocycles. The molecule has 0 bridgehead atoms. The van der Waals surface area contributed by atoms with Crippen molar-refractivity contribution in [3.8, 4) is 0 Å². The maximum Gasteiger partial charge on any atom is 0.338 e. The normalized spacial score (nSPS) is 21.3. The van der Waals surface area contributed by atoms with Gasteiger partial charge in [-0.15, -0.1) is 11.3 Å². The molecule has 0 aliphatic carbocycles. The topological polar surface area (TPSA) is 93.0 Å². The van der Waals surface area contributed by atoms with Crippen LogP contribution in [0.25, 0.3) is 0 Å². The van der Waals surface area contributed by atoms with Crippen molar-refractivity contribution < 1.29 is 23.5 Å². The number of ether oxygens (including phenoxy) is 2. The van der Waals surface area contributed by atoms with Crippen LogP contribution in [0.5, 0.6) is 0 Å². The van der Waals surface area contributed by atoms with E-state index in [1.54, 1.807) is 30.4 Å². The number of rotatable bonds is 9. The number of furan rings is 1. The van der Waals surface area contributed by atoms with Crippen LogP contribution in [0.1, 0.15) is 36.4 Å². The van der Waals surface area contributed by atoms with Crippen LogP contribution in [-0.2, 0) is 20.8 Å². The first kappa shape index (κ1) is 21.6. The summed E-state index contributed by atoms with van der Waals surface area (Å²) in [4.78, 5) is 28.8. The van der Waals surface area contributed by atoms with Crippen molar-refractivity contribution in [3.05, 3.63) is 57.8 Å². The highest BCUT2D eigenvalue weighted by atomic mass is 32.1. The van der Waals surface area contributed by atoms with E-state index in [9.17, 15) is 9.59 Å². The minimum atomic E-state index is -0.705. The quantitative estimate of drug-likeness (QED) is 0.576. The lowest BCUT2D eigenvalue weighted by atomic mass is 9.99. The predicted molar refractivity (Wildman–Crippen MR) is 115 cm³/mol. The zero-order valence-corrected chi connectivity index (χ0v) is 18.3. The fourth-order valence-electron chi connectivity index (χ4n) is 3.97. The second kappa shape index (κ2) is 10.1. The predicted octanol–water partition coefficient (Wildman–Crippen LogP) is 3.19. The third-order valence-electron chi connectivity index (χ3n) is 5.30. The Labute approximate surface area is 185 Å². The Morgan fingerprint density at radius 2 is 2.23 bits per heavy atom. The van der Waals surface area contributed by atoms with Crippen LogP contribution in [-0.4, -0.2) is 49.3 Å². The van der Waals surface area contributed by atoms with E-state index < -0.39 is 12.0 Å². The number of amides is 2. The van der Waals surface area contributed by atoms with Gasteiger partial charge in [-0.1, -0.05) is 6.07 Å². The Bertz CT molecular complexity index is 904. The number of hydrogen-bond acceptors (Lipinski definition) is 7. The molecular weight excluding hydrogens is 418 g/mol. The molecule has 0 aromatic carbocycles. The van der Waals surface area contributed by atoms with Crippen molar-refractivity contribution in [2.45, 2.75) is 38.5 Å². The third kappa shape index (κ3) is 5.36. The van der Waals surface area contributed by atoms with E-state index in [1.807, 2.05) is 11.4 Å². The van der Waals surface area contributed by atoms with E-state index >= 15 is 0 Å². The molecule has 9 heteroatoms. The van der Waals surface area contributed by atoms with Gasteiger partial charge in [-0.25, -0.2) is 9.59 Å². The molecule has 0 saturated carbocycles. The second-order valence-electron chi connectivity index (χ2n) is 7.54. The second-order valence-corrected chi connectivity index (χ2v) is 8.58. The lowest BCUT2D eigenvalue weighted by Crippen LogP contribution is -2.49. The van der Waals surface area contributed by atoms with Crippen LogP contribution in [0.2, 0.25) is 0 Å². The molecule has 2 aliphatic heterocycles. The Kier molecular flexibility index (Phi) is 7.06. The minimum Gasteiger partial charge on any atom is -0.467 e. The van der Waals surface area contributed by atoms with Gasteiger partial charge in [-0.3, -0.25) is 4.90 Å². The number of esters is 1. The summed E-state index contributed by atoms with van der Waals surface area (Å²) in [6.07, 6.45) is 3.72. The van der Waals surface area contributed by atoms with Crippen molar-refractivity contribution in [2.24, 2.45) is 0 Å². The molecule has 0 radical (unpaired) electrons. The monoisotopic (exact) mass is 445 g/mol. The lowest BCUT2D eigenvalue weighted by Gasteiger charge is -2.32. The molecule has 31 heavy (non-hydrogen) atoms. The molecule has 0 unspecified atom stereocenters. The van der Waals surface area contributed by atoms with Crippen LogP contribution >= 0.6 is 11.3 Å². The van der Waals surface area contributed by atoms with E-state index in [0.717, 1.165) is 19.4 Å². The standard InChI is InChI=1S/C22H27N3O5S/c1-2-28-21(26)19-17(23-22(27)24-20(19)18-8-4-10-30-18)14-25(12-15-6-3-9-29-15)13-16-7-5-11-31-16/h4-5,7-8,10-11,15,20H,2-3,6,9,12-14H2,1H3,(H2,23,24,27)/t15-,20+/m1/s1. The van der Waals surface area contributed by atoms with Crippen molar-refractivity contribution in [1.82, 2.24) is 15.5 Å². The summed E-state index contributed by atoms with van der Waals surface area (Å²) in [5.41, 5.74) is 0.887. The summed E-state index contributed by atoms with van der Waals surface area (Å²) < 4.78 is 16.7. The summed E-state index contributed by atoms with van der Waals surface area (Å²) in [5.74, 6) is 0.0129. The zero-order valence-electron chi connectivity index (χ0n) is 17.5. The van der Waals surface area contributed by atoms with E-state index in [4.69, 9.17) is 13.9 Å². The molecule has 2 aliphatic rings. The first-order chi connectivity index (χ1) is 15.1. The van der Waals surface area contributed by atoms with Gasteiger partial charge >= 0.3 is 12.0 Å². The highest BCUT2D eigenvalue weighted by molar-refractivity contribution is 7.09. The summed E-state index contributed by atoms with van der Waals surface area (Å²) in [6.45, 7) is 4.57. The lowest BCUT2D eigenvalue weighted by molar-refractivity contribution is -0.139. The summed E-state index contributed by atoms with van der Waals surface area (Å²) in [6, 6.07) is 6.49.